The van der Waals surface area contributed by atoms with E-state index in [1.807, 2.05) is 11.4 Å². The predicted octanol–water partition coefficient (Wildman–Crippen LogP) is 4.62. The van der Waals surface area contributed by atoms with E-state index in [2.05, 4.69) is 21.2 Å². The van der Waals surface area contributed by atoms with E-state index in [-0.39, 0.29) is 17.8 Å². The van der Waals surface area contributed by atoms with Crippen molar-refractivity contribution in [3.05, 3.63) is 50.4 Å². The Morgan fingerprint density at radius 3 is 3.00 bits per heavy atom. The van der Waals surface area contributed by atoms with Gasteiger partial charge >= 0.3 is 0 Å². The number of benzene rings is 1. The van der Waals surface area contributed by atoms with Crippen molar-refractivity contribution in [1.29, 1.82) is 0 Å². The van der Waals surface area contributed by atoms with Crippen molar-refractivity contribution in [2.24, 2.45) is 0 Å². The van der Waals surface area contributed by atoms with Crippen LogP contribution in [0, 0.1) is 5.82 Å². The van der Waals surface area contributed by atoms with E-state index in [1.54, 1.807) is 17.8 Å². The fourth-order valence-electron chi connectivity index (χ4n) is 2.19. The molecule has 0 saturated carbocycles. The Hall–Kier alpha value is -0.850. The SMILES string of the molecule is O=C(NC1CCSc2ccc(F)cc21)c1sccc1Br. The van der Waals surface area contributed by atoms with Crippen molar-refractivity contribution in [3.8, 4) is 0 Å². The molecule has 20 heavy (non-hydrogen) atoms. The maximum absolute atomic E-state index is 13.4. The zero-order chi connectivity index (χ0) is 14.1. The zero-order valence-corrected chi connectivity index (χ0v) is 13.6. The van der Waals surface area contributed by atoms with E-state index in [9.17, 15) is 9.18 Å². The van der Waals surface area contributed by atoms with Crippen LogP contribution in [0.3, 0.4) is 0 Å². The van der Waals surface area contributed by atoms with Gasteiger partial charge in [-0.25, -0.2) is 4.39 Å². The van der Waals surface area contributed by atoms with Crippen LogP contribution in [0.25, 0.3) is 0 Å². The van der Waals surface area contributed by atoms with Crippen molar-refractivity contribution >= 4 is 44.9 Å². The van der Waals surface area contributed by atoms with Gasteiger partial charge in [-0.05, 0) is 57.6 Å². The van der Waals surface area contributed by atoms with Crippen molar-refractivity contribution in [1.82, 2.24) is 5.32 Å². The Bertz CT molecular complexity index is 658. The topological polar surface area (TPSA) is 29.1 Å². The summed E-state index contributed by atoms with van der Waals surface area (Å²) in [6.07, 6.45) is 0.815. The Morgan fingerprint density at radius 2 is 2.25 bits per heavy atom. The number of amides is 1. The van der Waals surface area contributed by atoms with Gasteiger partial charge in [0.2, 0.25) is 0 Å². The van der Waals surface area contributed by atoms with Crippen molar-refractivity contribution in [2.75, 3.05) is 5.75 Å². The third kappa shape index (κ3) is 2.77. The van der Waals surface area contributed by atoms with Gasteiger partial charge in [0.25, 0.3) is 5.91 Å². The molecule has 6 heteroatoms. The first kappa shape index (κ1) is 14.1. The molecule has 1 unspecified atom stereocenters. The molecule has 0 fully saturated rings. The highest BCUT2D eigenvalue weighted by Crippen LogP contribution is 2.37. The van der Waals surface area contributed by atoms with E-state index >= 15 is 0 Å². The Balaban J connectivity index is 1.85. The summed E-state index contributed by atoms with van der Waals surface area (Å²) < 4.78 is 14.2. The molecule has 0 aliphatic carbocycles. The van der Waals surface area contributed by atoms with Crippen molar-refractivity contribution < 1.29 is 9.18 Å². The Kier molecular flexibility index (Phi) is 4.14. The summed E-state index contributed by atoms with van der Waals surface area (Å²) in [5.41, 5.74) is 0.877. The summed E-state index contributed by atoms with van der Waals surface area (Å²) in [7, 11) is 0. The standard InChI is InChI=1S/C14H11BrFNOS2/c15-10-3-5-20-13(10)14(18)17-11-4-6-19-12-2-1-8(16)7-9(11)12/h1-3,5,7,11H,4,6H2,(H,17,18). The van der Waals surface area contributed by atoms with Crippen LogP contribution < -0.4 is 5.32 Å². The van der Waals surface area contributed by atoms with Gasteiger partial charge in [0, 0.05) is 15.1 Å². The summed E-state index contributed by atoms with van der Waals surface area (Å²) >= 11 is 6.46. The summed E-state index contributed by atoms with van der Waals surface area (Å²) in [4.78, 5) is 14.0. The lowest BCUT2D eigenvalue weighted by Crippen LogP contribution is -2.30. The summed E-state index contributed by atoms with van der Waals surface area (Å²) in [5.74, 6) is 0.552. The molecule has 1 aliphatic heterocycles. The van der Waals surface area contributed by atoms with Crippen LogP contribution in [-0.4, -0.2) is 11.7 Å². The van der Waals surface area contributed by atoms with Gasteiger partial charge in [-0.1, -0.05) is 0 Å². The lowest BCUT2D eigenvalue weighted by molar-refractivity contribution is 0.0938. The minimum Gasteiger partial charge on any atom is -0.344 e. The average molecular weight is 372 g/mol. The lowest BCUT2D eigenvalue weighted by atomic mass is 10.0. The second-order valence-electron chi connectivity index (χ2n) is 4.44. The van der Waals surface area contributed by atoms with Gasteiger partial charge in [0.15, 0.2) is 0 Å². The maximum Gasteiger partial charge on any atom is 0.262 e. The molecule has 2 nitrogen and oxygen atoms in total. The molecule has 0 radical (unpaired) electrons. The number of thioether (sulfide) groups is 1. The molecule has 1 atom stereocenters. The highest BCUT2D eigenvalue weighted by Gasteiger charge is 2.24. The third-order valence-electron chi connectivity index (χ3n) is 3.14. The van der Waals surface area contributed by atoms with Crippen LogP contribution in [0.4, 0.5) is 4.39 Å². The second-order valence-corrected chi connectivity index (χ2v) is 7.35. The fraction of sp³-hybridized carbons (Fsp3) is 0.214. The molecular weight excluding hydrogens is 361 g/mol. The van der Waals surface area contributed by atoms with Crippen molar-refractivity contribution in [3.63, 3.8) is 0 Å². The molecule has 1 aromatic carbocycles. The van der Waals surface area contributed by atoms with E-state index in [0.29, 0.717) is 4.88 Å². The van der Waals surface area contributed by atoms with Crippen molar-refractivity contribution in [2.45, 2.75) is 17.4 Å². The van der Waals surface area contributed by atoms with Crippen LogP contribution in [-0.2, 0) is 0 Å². The second kappa shape index (κ2) is 5.87. The average Bonchev–Trinajstić information content (AvgIpc) is 2.86. The van der Waals surface area contributed by atoms with E-state index in [4.69, 9.17) is 0 Å². The van der Waals surface area contributed by atoms with Gasteiger partial charge in [0.1, 0.15) is 10.7 Å². The lowest BCUT2D eigenvalue weighted by Gasteiger charge is -2.25. The fourth-order valence-corrected chi connectivity index (χ4v) is 4.75. The van der Waals surface area contributed by atoms with Gasteiger partial charge in [-0.3, -0.25) is 4.79 Å². The van der Waals surface area contributed by atoms with Gasteiger partial charge in [-0.15, -0.1) is 23.1 Å². The van der Waals surface area contributed by atoms with E-state index in [1.165, 1.54) is 23.5 Å². The minimum atomic E-state index is -0.261. The number of halogens is 2. The van der Waals surface area contributed by atoms with Gasteiger partial charge in [0.05, 0.1) is 6.04 Å². The number of hydrogen-bond donors (Lipinski definition) is 1. The molecule has 1 N–H and O–H groups in total. The number of fused-ring (bicyclic) bond motifs is 1. The largest absolute Gasteiger partial charge is 0.344 e. The van der Waals surface area contributed by atoms with E-state index < -0.39 is 0 Å². The highest BCUT2D eigenvalue weighted by molar-refractivity contribution is 9.10. The normalized spacial score (nSPS) is 17.6. The molecule has 0 saturated heterocycles. The summed E-state index contributed by atoms with van der Waals surface area (Å²) in [6, 6.07) is 6.50. The first-order valence-electron chi connectivity index (χ1n) is 6.11. The molecule has 2 heterocycles. The monoisotopic (exact) mass is 371 g/mol. The number of rotatable bonds is 2. The summed E-state index contributed by atoms with van der Waals surface area (Å²) in [5, 5.41) is 4.87. The molecule has 2 aromatic rings. The molecule has 0 bridgehead atoms. The highest BCUT2D eigenvalue weighted by atomic mass is 79.9. The molecule has 1 aliphatic rings. The number of thiophene rings is 1. The first-order valence-corrected chi connectivity index (χ1v) is 8.77. The minimum absolute atomic E-state index is 0.112. The Labute approximate surface area is 132 Å². The number of nitrogens with one attached hydrogen (secondary N) is 1. The molecular formula is C14H11BrFNOS2. The number of carbonyl (C=O) groups excluding carboxylic acids is 1. The Morgan fingerprint density at radius 1 is 1.40 bits per heavy atom. The van der Waals surface area contributed by atoms with Gasteiger partial charge in [-0.2, -0.15) is 0 Å². The quantitative estimate of drug-likeness (QED) is 0.834. The smallest absolute Gasteiger partial charge is 0.262 e. The molecule has 1 amide bonds. The number of hydrogen-bond acceptors (Lipinski definition) is 3. The first-order chi connectivity index (χ1) is 9.65. The van der Waals surface area contributed by atoms with Crippen LogP contribution in [0.5, 0.6) is 0 Å². The van der Waals surface area contributed by atoms with Crippen LogP contribution in [0.15, 0.2) is 39.0 Å². The summed E-state index contributed by atoms with van der Waals surface area (Å²) in [6.45, 7) is 0. The number of carbonyl (C=O) groups is 1. The molecule has 104 valence electrons. The van der Waals surface area contributed by atoms with Crippen LogP contribution in [0.1, 0.15) is 27.7 Å². The van der Waals surface area contributed by atoms with Crippen LogP contribution in [0.2, 0.25) is 0 Å². The maximum atomic E-state index is 13.4. The molecule has 1 aromatic heterocycles. The third-order valence-corrected chi connectivity index (χ3v) is 6.10. The molecule has 3 rings (SSSR count). The van der Waals surface area contributed by atoms with Gasteiger partial charge < -0.3 is 5.32 Å². The zero-order valence-electron chi connectivity index (χ0n) is 10.4. The van der Waals surface area contributed by atoms with E-state index in [0.717, 1.165) is 27.1 Å². The molecule has 0 spiro atoms. The predicted molar refractivity (Wildman–Crippen MR) is 84.0 cm³/mol. The van der Waals surface area contributed by atoms with Crippen LogP contribution >= 0.6 is 39.0 Å².